The summed E-state index contributed by atoms with van der Waals surface area (Å²) in [5.74, 6) is -0.727. The zero-order chi connectivity index (χ0) is 13.3. The SMILES string of the molecule is COC(=O)C1CC(=O)N(c2cc(Br)ccc2I)C1. The molecule has 0 aromatic heterocycles. The Kier molecular flexibility index (Phi) is 4.26. The molecule has 1 aliphatic rings. The summed E-state index contributed by atoms with van der Waals surface area (Å²) in [6.07, 6.45) is 0.218. The van der Waals surface area contributed by atoms with Crippen LogP contribution < -0.4 is 4.90 Å². The summed E-state index contributed by atoms with van der Waals surface area (Å²) in [5, 5.41) is 0. The summed E-state index contributed by atoms with van der Waals surface area (Å²) in [7, 11) is 1.35. The van der Waals surface area contributed by atoms with E-state index in [2.05, 4.69) is 38.5 Å². The molecule has 1 saturated heterocycles. The standard InChI is InChI=1S/C12H11BrINO3/c1-18-12(17)7-4-11(16)15(6-7)10-5-8(13)2-3-9(10)14/h2-3,5,7H,4,6H2,1H3. The van der Waals surface area contributed by atoms with Gasteiger partial charge in [-0.3, -0.25) is 9.59 Å². The number of ether oxygens (including phenoxy) is 1. The highest BCUT2D eigenvalue weighted by molar-refractivity contribution is 14.1. The molecule has 0 radical (unpaired) electrons. The summed E-state index contributed by atoms with van der Waals surface area (Å²) in [6.45, 7) is 0.387. The van der Waals surface area contributed by atoms with Crippen LogP contribution in [0.1, 0.15) is 6.42 Å². The first-order chi connectivity index (χ1) is 8.52. The van der Waals surface area contributed by atoms with Gasteiger partial charge in [-0.1, -0.05) is 15.9 Å². The first-order valence-electron chi connectivity index (χ1n) is 5.36. The third kappa shape index (κ3) is 2.69. The zero-order valence-corrected chi connectivity index (χ0v) is 13.4. The average Bonchev–Trinajstić information content (AvgIpc) is 2.73. The number of halogens is 2. The molecule has 4 nitrogen and oxygen atoms in total. The highest BCUT2D eigenvalue weighted by atomic mass is 127. The lowest BCUT2D eigenvalue weighted by Gasteiger charge is -2.18. The molecular formula is C12H11BrINO3. The number of nitrogens with zero attached hydrogens (tertiary/aromatic N) is 1. The first-order valence-corrected chi connectivity index (χ1v) is 7.23. The molecule has 0 N–H and O–H groups in total. The predicted octanol–water partition coefficient (Wildman–Crippen LogP) is 2.58. The molecule has 96 valence electrons. The molecule has 1 aromatic carbocycles. The van der Waals surface area contributed by atoms with Crippen LogP contribution in [-0.4, -0.2) is 25.5 Å². The fourth-order valence-electron chi connectivity index (χ4n) is 1.96. The number of carbonyl (C=O) groups excluding carboxylic acids is 2. The lowest BCUT2D eigenvalue weighted by Crippen LogP contribution is -2.26. The lowest BCUT2D eigenvalue weighted by molar-refractivity contribution is -0.145. The topological polar surface area (TPSA) is 46.6 Å². The second kappa shape index (κ2) is 5.56. The number of amides is 1. The van der Waals surface area contributed by atoms with Crippen molar-refractivity contribution in [3.8, 4) is 0 Å². The van der Waals surface area contributed by atoms with Crippen molar-refractivity contribution in [2.24, 2.45) is 5.92 Å². The van der Waals surface area contributed by atoms with E-state index in [1.165, 1.54) is 7.11 Å². The quantitative estimate of drug-likeness (QED) is 0.542. The van der Waals surface area contributed by atoms with Crippen molar-refractivity contribution >= 4 is 56.1 Å². The van der Waals surface area contributed by atoms with E-state index in [0.29, 0.717) is 6.54 Å². The third-order valence-corrected chi connectivity index (χ3v) is 4.26. The molecule has 1 amide bonds. The van der Waals surface area contributed by atoms with E-state index in [1.54, 1.807) is 4.90 Å². The van der Waals surface area contributed by atoms with Crippen LogP contribution in [0.4, 0.5) is 5.69 Å². The predicted molar refractivity (Wildman–Crippen MR) is 79.3 cm³/mol. The molecule has 6 heteroatoms. The average molecular weight is 424 g/mol. The molecule has 1 unspecified atom stereocenters. The number of carbonyl (C=O) groups is 2. The van der Waals surface area contributed by atoms with E-state index in [0.717, 1.165) is 13.7 Å². The Morgan fingerprint density at radius 2 is 2.28 bits per heavy atom. The smallest absolute Gasteiger partial charge is 0.311 e. The molecular weight excluding hydrogens is 413 g/mol. The van der Waals surface area contributed by atoms with Gasteiger partial charge in [0.2, 0.25) is 5.91 Å². The number of rotatable bonds is 2. The van der Waals surface area contributed by atoms with Crippen LogP contribution in [-0.2, 0) is 14.3 Å². The molecule has 2 rings (SSSR count). The number of benzene rings is 1. The first kappa shape index (κ1) is 13.8. The van der Waals surface area contributed by atoms with Crippen LogP contribution in [0.25, 0.3) is 0 Å². The van der Waals surface area contributed by atoms with Gasteiger partial charge in [0, 0.05) is 21.0 Å². The van der Waals surface area contributed by atoms with Crippen molar-refractivity contribution in [3.05, 3.63) is 26.2 Å². The summed E-state index contributed by atoms with van der Waals surface area (Å²) in [5.41, 5.74) is 0.835. The van der Waals surface area contributed by atoms with Gasteiger partial charge in [0.1, 0.15) is 0 Å². The van der Waals surface area contributed by atoms with E-state index in [9.17, 15) is 9.59 Å². The number of methoxy groups -OCH3 is 1. The monoisotopic (exact) mass is 423 g/mol. The third-order valence-electron chi connectivity index (χ3n) is 2.86. The van der Waals surface area contributed by atoms with Crippen LogP contribution in [0.2, 0.25) is 0 Å². The van der Waals surface area contributed by atoms with Gasteiger partial charge in [-0.05, 0) is 40.8 Å². The highest BCUT2D eigenvalue weighted by Crippen LogP contribution is 2.31. The van der Waals surface area contributed by atoms with Crippen LogP contribution in [0.5, 0.6) is 0 Å². The van der Waals surface area contributed by atoms with Gasteiger partial charge >= 0.3 is 5.97 Å². The maximum atomic E-state index is 12.0. The second-order valence-electron chi connectivity index (χ2n) is 4.02. The summed E-state index contributed by atoms with van der Waals surface area (Å²) in [6, 6.07) is 5.74. The fraction of sp³-hybridized carbons (Fsp3) is 0.333. The van der Waals surface area contributed by atoms with Gasteiger partial charge < -0.3 is 9.64 Å². The molecule has 0 bridgehead atoms. The number of hydrogen-bond acceptors (Lipinski definition) is 3. The molecule has 18 heavy (non-hydrogen) atoms. The Balaban J connectivity index is 2.27. The lowest BCUT2D eigenvalue weighted by atomic mass is 10.1. The van der Waals surface area contributed by atoms with Crippen molar-refractivity contribution < 1.29 is 14.3 Å². The van der Waals surface area contributed by atoms with Gasteiger partial charge in [0.25, 0.3) is 0 Å². The summed E-state index contributed by atoms with van der Waals surface area (Å²) < 4.78 is 6.58. The minimum Gasteiger partial charge on any atom is -0.469 e. The molecule has 1 aromatic rings. The fourth-order valence-corrected chi connectivity index (χ4v) is 2.93. The number of esters is 1. The second-order valence-corrected chi connectivity index (χ2v) is 6.10. The van der Waals surface area contributed by atoms with E-state index in [-0.39, 0.29) is 24.2 Å². The minimum atomic E-state index is -0.364. The molecule has 1 aliphatic heterocycles. The maximum Gasteiger partial charge on any atom is 0.311 e. The van der Waals surface area contributed by atoms with E-state index in [1.807, 2.05) is 18.2 Å². The Labute approximate surface area is 127 Å². The minimum absolute atomic E-state index is 0.0404. The van der Waals surface area contributed by atoms with Gasteiger partial charge in [-0.15, -0.1) is 0 Å². The van der Waals surface area contributed by atoms with Crippen LogP contribution in [0.3, 0.4) is 0 Å². The highest BCUT2D eigenvalue weighted by Gasteiger charge is 2.36. The Hall–Kier alpha value is -0.630. The van der Waals surface area contributed by atoms with Crippen molar-refractivity contribution in [1.82, 2.24) is 0 Å². The van der Waals surface area contributed by atoms with E-state index in [4.69, 9.17) is 4.74 Å². The molecule has 0 spiro atoms. The Morgan fingerprint density at radius 3 is 2.94 bits per heavy atom. The van der Waals surface area contributed by atoms with Crippen LogP contribution >= 0.6 is 38.5 Å². The van der Waals surface area contributed by atoms with Crippen molar-refractivity contribution in [3.63, 3.8) is 0 Å². The van der Waals surface area contributed by atoms with Crippen molar-refractivity contribution in [2.45, 2.75) is 6.42 Å². The number of anilines is 1. The van der Waals surface area contributed by atoms with E-state index >= 15 is 0 Å². The largest absolute Gasteiger partial charge is 0.469 e. The Bertz CT molecular complexity index is 506. The van der Waals surface area contributed by atoms with E-state index < -0.39 is 0 Å². The molecule has 1 fully saturated rings. The Morgan fingerprint density at radius 1 is 1.56 bits per heavy atom. The van der Waals surface area contributed by atoms with Crippen LogP contribution in [0, 0.1) is 9.49 Å². The van der Waals surface area contributed by atoms with Gasteiger partial charge in [-0.25, -0.2) is 0 Å². The zero-order valence-electron chi connectivity index (χ0n) is 9.65. The summed E-state index contributed by atoms with van der Waals surface area (Å²) in [4.78, 5) is 25.1. The van der Waals surface area contributed by atoms with Crippen LogP contribution in [0.15, 0.2) is 22.7 Å². The van der Waals surface area contributed by atoms with Crippen molar-refractivity contribution in [2.75, 3.05) is 18.6 Å². The normalized spacial score (nSPS) is 19.2. The van der Waals surface area contributed by atoms with Gasteiger partial charge in [-0.2, -0.15) is 0 Å². The maximum absolute atomic E-state index is 12.0. The molecule has 1 atom stereocenters. The number of hydrogen-bond donors (Lipinski definition) is 0. The molecule has 0 aliphatic carbocycles. The van der Waals surface area contributed by atoms with Gasteiger partial charge in [0.15, 0.2) is 0 Å². The molecule has 1 heterocycles. The molecule has 0 saturated carbocycles. The van der Waals surface area contributed by atoms with Gasteiger partial charge in [0.05, 0.1) is 18.7 Å². The van der Waals surface area contributed by atoms with Crippen molar-refractivity contribution in [1.29, 1.82) is 0 Å². The summed E-state index contributed by atoms with van der Waals surface area (Å²) >= 11 is 5.57.